The SMILES string of the molecule is CCOC(=O)C(C(=O)OCC)=C(SCC)SCC. The van der Waals surface area contributed by atoms with Crippen LogP contribution in [-0.4, -0.2) is 36.7 Å². The smallest absolute Gasteiger partial charge is 0.347 e. The second-order valence-electron chi connectivity index (χ2n) is 2.97. The van der Waals surface area contributed by atoms with Crippen LogP contribution in [0.15, 0.2) is 9.81 Å². The number of ether oxygens (including phenoxy) is 2. The van der Waals surface area contributed by atoms with E-state index in [0.717, 1.165) is 11.5 Å². The fourth-order valence-electron chi connectivity index (χ4n) is 1.10. The van der Waals surface area contributed by atoms with Gasteiger partial charge in [0.25, 0.3) is 0 Å². The molecule has 0 aliphatic heterocycles. The lowest BCUT2D eigenvalue weighted by atomic mass is 10.3. The fraction of sp³-hybridized carbons (Fsp3) is 0.667. The van der Waals surface area contributed by atoms with Crippen LogP contribution in [-0.2, 0) is 19.1 Å². The minimum absolute atomic E-state index is 0.0254. The molecule has 0 radical (unpaired) electrons. The Bertz CT molecular complexity index is 285. The van der Waals surface area contributed by atoms with Crippen molar-refractivity contribution in [2.75, 3.05) is 24.7 Å². The van der Waals surface area contributed by atoms with E-state index in [1.54, 1.807) is 13.8 Å². The van der Waals surface area contributed by atoms with Crippen LogP contribution >= 0.6 is 23.5 Å². The first-order valence-corrected chi connectivity index (χ1v) is 7.93. The summed E-state index contributed by atoms with van der Waals surface area (Å²) in [6, 6.07) is 0. The van der Waals surface area contributed by atoms with Crippen molar-refractivity contribution in [3.05, 3.63) is 9.81 Å². The number of thioether (sulfide) groups is 2. The Morgan fingerprint density at radius 1 is 0.833 bits per heavy atom. The maximum absolute atomic E-state index is 11.8. The summed E-state index contributed by atoms with van der Waals surface area (Å²) >= 11 is 2.92. The lowest BCUT2D eigenvalue weighted by Gasteiger charge is -2.11. The van der Waals surface area contributed by atoms with E-state index < -0.39 is 11.9 Å². The lowest BCUT2D eigenvalue weighted by molar-refractivity contribution is -0.146. The zero-order chi connectivity index (χ0) is 14.0. The molecule has 0 N–H and O–H groups in total. The summed E-state index contributed by atoms with van der Waals surface area (Å²) < 4.78 is 10.5. The second kappa shape index (κ2) is 10.3. The lowest BCUT2D eigenvalue weighted by Crippen LogP contribution is -2.19. The van der Waals surface area contributed by atoms with E-state index in [9.17, 15) is 9.59 Å². The zero-order valence-electron chi connectivity index (χ0n) is 11.3. The third-order valence-corrected chi connectivity index (χ3v) is 3.93. The number of carbonyl (C=O) groups is 2. The van der Waals surface area contributed by atoms with Gasteiger partial charge in [0.05, 0.1) is 17.5 Å². The molecule has 0 spiro atoms. The molecule has 0 aliphatic carbocycles. The summed E-state index contributed by atoms with van der Waals surface area (Å²) in [5, 5.41) is 0. The van der Waals surface area contributed by atoms with Gasteiger partial charge in [0.15, 0.2) is 5.57 Å². The third kappa shape index (κ3) is 5.82. The Hall–Kier alpha value is -0.620. The van der Waals surface area contributed by atoms with Crippen LogP contribution in [0.1, 0.15) is 27.7 Å². The van der Waals surface area contributed by atoms with E-state index in [2.05, 4.69) is 0 Å². The molecule has 0 rings (SSSR count). The highest BCUT2D eigenvalue weighted by Gasteiger charge is 2.26. The zero-order valence-corrected chi connectivity index (χ0v) is 12.9. The fourth-order valence-corrected chi connectivity index (χ4v) is 3.29. The Morgan fingerprint density at radius 2 is 1.22 bits per heavy atom. The van der Waals surface area contributed by atoms with Gasteiger partial charge in [-0.25, -0.2) is 9.59 Å². The predicted molar refractivity (Wildman–Crippen MR) is 76.6 cm³/mol. The van der Waals surface area contributed by atoms with Gasteiger partial charge in [-0.05, 0) is 25.4 Å². The van der Waals surface area contributed by atoms with Crippen LogP contribution in [0.4, 0.5) is 0 Å². The molecule has 0 amide bonds. The third-order valence-electron chi connectivity index (χ3n) is 1.71. The summed E-state index contributed by atoms with van der Waals surface area (Å²) in [4.78, 5) is 23.7. The highest BCUT2D eigenvalue weighted by atomic mass is 32.2. The van der Waals surface area contributed by atoms with Crippen LogP contribution in [0.25, 0.3) is 0 Å². The molecule has 18 heavy (non-hydrogen) atoms. The van der Waals surface area contributed by atoms with Gasteiger partial charge in [-0.15, -0.1) is 23.5 Å². The molecule has 0 aromatic carbocycles. The molecule has 0 aliphatic rings. The van der Waals surface area contributed by atoms with E-state index in [1.807, 2.05) is 13.8 Å². The Labute approximate surface area is 117 Å². The topological polar surface area (TPSA) is 52.6 Å². The summed E-state index contributed by atoms with van der Waals surface area (Å²) in [5.41, 5.74) is 0.0254. The number of esters is 2. The number of hydrogen-bond acceptors (Lipinski definition) is 6. The molecule has 104 valence electrons. The van der Waals surface area contributed by atoms with Gasteiger partial charge >= 0.3 is 11.9 Å². The Kier molecular flexibility index (Phi) is 9.96. The van der Waals surface area contributed by atoms with E-state index in [0.29, 0.717) is 4.24 Å². The van der Waals surface area contributed by atoms with E-state index in [4.69, 9.17) is 9.47 Å². The summed E-state index contributed by atoms with van der Waals surface area (Å²) in [7, 11) is 0. The molecule has 0 heterocycles. The van der Waals surface area contributed by atoms with Crippen LogP contribution in [0, 0.1) is 0 Å². The van der Waals surface area contributed by atoms with Crippen LogP contribution in [0.5, 0.6) is 0 Å². The van der Waals surface area contributed by atoms with Gasteiger partial charge in [-0.1, -0.05) is 13.8 Å². The first kappa shape index (κ1) is 17.4. The summed E-state index contributed by atoms with van der Waals surface area (Å²) in [6.45, 7) is 7.83. The van der Waals surface area contributed by atoms with Gasteiger partial charge in [-0.3, -0.25) is 0 Å². The van der Waals surface area contributed by atoms with Gasteiger partial charge in [0.1, 0.15) is 0 Å². The first-order valence-electron chi connectivity index (χ1n) is 5.96. The van der Waals surface area contributed by atoms with Crippen molar-refractivity contribution in [3.63, 3.8) is 0 Å². The van der Waals surface area contributed by atoms with Crippen molar-refractivity contribution in [1.82, 2.24) is 0 Å². The quantitative estimate of drug-likeness (QED) is 0.297. The molecule has 0 saturated carbocycles. The second-order valence-corrected chi connectivity index (χ2v) is 5.78. The van der Waals surface area contributed by atoms with Crippen molar-refractivity contribution >= 4 is 35.5 Å². The van der Waals surface area contributed by atoms with Crippen LogP contribution in [0.2, 0.25) is 0 Å². The number of rotatable bonds is 8. The molecule has 0 atom stereocenters. The molecule has 0 saturated heterocycles. The first-order chi connectivity index (χ1) is 8.62. The Balaban J connectivity index is 5.28. The van der Waals surface area contributed by atoms with E-state index in [-0.39, 0.29) is 18.8 Å². The van der Waals surface area contributed by atoms with Gasteiger partial charge in [-0.2, -0.15) is 0 Å². The van der Waals surface area contributed by atoms with E-state index in [1.165, 1.54) is 23.5 Å². The van der Waals surface area contributed by atoms with Crippen molar-refractivity contribution in [3.8, 4) is 0 Å². The highest BCUT2D eigenvalue weighted by Crippen LogP contribution is 2.32. The Morgan fingerprint density at radius 3 is 1.50 bits per heavy atom. The molecule has 0 bridgehead atoms. The monoisotopic (exact) mass is 292 g/mol. The largest absolute Gasteiger partial charge is 0.462 e. The normalized spacial score (nSPS) is 9.78. The highest BCUT2D eigenvalue weighted by molar-refractivity contribution is 8.22. The average Bonchev–Trinajstić information content (AvgIpc) is 2.30. The van der Waals surface area contributed by atoms with Crippen molar-refractivity contribution in [2.24, 2.45) is 0 Å². The summed E-state index contributed by atoms with van der Waals surface area (Å²) in [5.74, 6) is 0.357. The van der Waals surface area contributed by atoms with Gasteiger partial charge in [0, 0.05) is 0 Å². The maximum atomic E-state index is 11.8. The van der Waals surface area contributed by atoms with Gasteiger partial charge < -0.3 is 9.47 Å². The van der Waals surface area contributed by atoms with Crippen LogP contribution < -0.4 is 0 Å². The number of carbonyl (C=O) groups excluding carboxylic acids is 2. The van der Waals surface area contributed by atoms with E-state index >= 15 is 0 Å². The summed E-state index contributed by atoms with van der Waals surface area (Å²) in [6.07, 6.45) is 0. The van der Waals surface area contributed by atoms with Crippen LogP contribution in [0.3, 0.4) is 0 Å². The van der Waals surface area contributed by atoms with Crippen molar-refractivity contribution in [2.45, 2.75) is 27.7 Å². The molecular formula is C12H20O4S2. The molecule has 0 aromatic heterocycles. The molecule has 0 aromatic rings. The van der Waals surface area contributed by atoms with Gasteiger partial charge in [0.2, 0.25) is 0 Å². The van der Waals surface area contributed by atoms with Crippen molar-refractivity contribution < 1.29 is 19.1 Å². The van der Waals surface area contributed by atoms with Crippen molar-refractivity contribution in [1.29, 1.82) is 0 Å². The molecular weight excluding hydrogens is 272 g/mol. The predicted octanol–water partition coefficient (Wildman–Crippen LogP) is 2.83. The number of hydrogen-bond donors (Lipinski definition) is 0. The minimum Gasteiger partial charge on any atom is -0.462 e. The molecule has 0 fully saturated rings. The molecule has 4 nitrogen and oxygen atoms in total. The average molecular weight is 292 g/mol. The molecule has 6 heteroatoms. The maximum Gasteiger partial charge on any atom is 0.347 e. The molecule has 0 unspecified atom stereocenters. The standard InChI is InChI=1S/C12H20O4S2/c1-5-15-10(13)9(11(14)16-6-2)12(17-7-3)18-8-4/h5-8H2,1-4H3. The minimum atomic E-state index is -0.604.